The number of nitrogens with one attached hydrogen (secondary N) is 1. The van der Waals surface area contributed by atoms with Crippen LogP contribution in [0.15, 0.2) is 29.4 Å². The molecule has 1 aromatic carbocycles. The van der Waals surface area contributed by atoms with Gasteiger partial charge in [-0.1, -0.05) is 5.16 Å². The molecule has 7 heteroatoms. The van der Waals surface area contributed by atoms with Gasteiger partial charge in [-0.05, 0) is 83.2 Å². The summed E-state index contributed by atoms with van der Waals surface area (Å²) < 4.78 is 0. The van der Waals surface area contributed by atoms with Crippen molar-refractivity contribution in [3.63, 3.8) is 0 Å². The third-order valence-corrected chi connectivity index (χ3v) is 6.29. The number of hydrogen-bond acceptors (Lipinski definition) is 7. The van der Waals surface area contributed by atoms with Crippen LogP contribution in [0.2, 0.25) is 0 Å². The average molecular weight is 410 g/mol. The molecule has 0 bridgehead atoms. The van der Waals surface area contributed by atoms with E-state index in [1.165, 1.54) is 0 Å². The summed E-state index contributed by atoms with van der Waals surface area (Å²) in [5.74, 6) is 0.946. The number of phenols is 1. The van der Waals surface area contributed by atoms with Crippen molar-refractivity contribution in [2.75, 3.05) is 11.9 Å². The van der Waals surface area contributed by atoms with Crippen molar-refractivity contribution >= 4 is 11.5 Å². The van der Waals surface area contributed by atoms with Gasteiger partial charge in [0.15, 0.2) is 5.82 Å². The lowest BCUT2D eigenvalue weighted by Crippen LogP contribution is -2.62. The average Bonchev–Trinajstić information content (AvgIpc) is 3.06. The molecular formula is C23H31N5O2. The lowest BCUT2D eigenvalue weighted by Gasteiger charge is -2.49. The molecule has 0 spiro atoms. The van der Waals surface area contributed by atoms with Crippen LogP contribution in [0, 0.1) is 0 Å². The lowest BCUT2D eigenvalue weighted by atomic mass is 9.79. The highest BCUT2D eigenvalue weighted by Crippen LogP contribution is 2.36. The van der Waals surface area contributed by atoms with Crippen LogP contribution >= 0.6 is 0 Å². The maximum Gasteiger partial charge on any atom is 0.151 e. The monoisotopic (exact) mass is 409 g/mol. The first-order valence-corrected chi connectivity index (χ1v) is 10.5. The minimum atomic E-state index is 0.0565. The van der Waals surface area contributed by atoms with Gasteiger partial charge in [0.2, 0.25) is 0 Å². The van der Waals surface area contributed by atoms with Gasteiger partial charge >= 0.3 is 0 Å². The third-order valence-electron chi connectivity index (χ3n) is 6.29. The Hall–Kier alpha value is -2.67. The number of oxime groups is 1. The van der Waals surface area contributed by atoms with Crippen molar-refractivity contribution in [2.45, 2.75) is 70.5 Å². The second kappa shape index (κ2) is 7.23. The first-order valence-electron chi connectivity index (χ1n) is 10.5. The molecule has 4 rings (SSSR count). The number of aromatic hydroxyl groups is 1. The van der Waals surface area contributed by atoms with Crippen LogP contribution in [0.5, 0.6) is 5.75 Å². The molecule has 2 aromatic rings. The van der Waals surface area contributed by atoms with Crippen molar-refractivity contribution in [2.24, 2.45) is 5.16 Å². The first-order chi connectivity index (χ1) is 14.1. The number of hydrogen-bond donors (Lipinski definition) is 3. The Bertz CT molecular complexity index is 966. The molecule has 2 aliphatic rings. The number of phenolic OH excluding ortho intramolecular Hbond substituents is 1. The zero-order valence-electron chi connectivity index (χ0n) is 18.4. The Balaban J connectivity index is 1.58. The summed E-state index contributed by atoms with van der Waals surface area (Å²) in [6, 6.07) is 7.83. The highest BCUT2D eigenvalue weighted by molar-refractivity contribution is 6.05. The Morgan fingerprint density at radius 1 is 1.03 bits per heavy atom. The molecule has 3 N–H and O–H groups in total. The van der Waals surface area contributed by atoms with Gasteiger partial charge in [0.25, 0.3) is 0 Å². The van der Waals surface area contributed by atoms with Gasteiger partial charge in [-0.2, -0.15) is 0 Å². The number of aromatic nitrogens is 2. The topological polar surface area (TPSA) is 93.9 Å². The summed E-state index contributed by atoms with van der Waals surface area (Å²) in [6.45, 7) is 8.97. The number of fused-ring (bicyclic) bond motifs is 1. The largest absolute Gasteiger partial charge is 0.507 e. The van der Waals surface area contributed by atoms with E-state index in [0.717, 1.165) is 36.2 Å². The first kappa shape index (κ1) is 20.6. The van der Waals surface area contributed by atoms with Gasteiger partial charge in [-0.15, -0.1) is 10.2 Å². The molecule has 0 atom stereocenters. The Labute approximate surface area is 177 Å². The number of piperidine rings is 1. The van der Waals surface area contributed by atoms with E-state index < -0.39 is 0 Å². The van der Waals surface area contributed by atoms with Crippen LogP contribution in [0.1, 0.15) is 58.1 Å². The molecule has 30 heavy (non-hydrogen) atoms. The molecule has 1 saturated heterocycles. The van der Waals surface area contributed by atoms with E-state index in [2.05, 4.69) is 60.3 Å². The second-order valence-corrected chi connectivity index (χ2v) is 9.92. The van der Waals surface area contributed by atoms with Gasteiger partial charge in [-0.25, -0.2) is 0 Å². The molecule has 1 aliphatic carbocycles. The number of nitrogens with zero attached hydrogens (tertiary/aromatic N) is 4. The highest BCUT2D eigenvalue weighted by Gasteiger charge is 2.39. The summed E-state index contributed by atoms with van der Waals surface area (Å²) >= 11 is 0. The summed E-state index contributed by atoms with van der Waals surface area (Å²) in [7, 11) is 2.08. The standard InChI is InChI=1S/C23H31N5O2/c1-22(2)12-15(13-23(3,4)27-22)28(5)21-9-8-18(24-25-21)17-10-14-6-7-19(26-30)16(14)11-20(17)29/h8-11,15,27,29-30H,6-7,12-13H2,1-5H3/b26-19-. The summed E-state index contributed by atoms with van der Waals surface area (Å²) in [5, 5.41) is 35.6. The van der Waals surface area contributed by atoms with Gasteiger partial charge in [0, 0.05) is 35.3 Å². The molecule has 0 unspecified atom stereocenters. The van der Waals surface area contributed by atoms with E-state index in [9.17, 15) is 5.11 Å². The fourth-order valence-electron chi connectivity index (χ4n) is 5.19. The van der Waals surface area contributed by atoms with Gasteiger partial charge in [0.1, 0.15) is 5.75 Å². The quantitative estimate of drug-likeness (QED) is 0.528. The molecule has 1 fully saturated rings. The van der Waals surface area contributed by atoms with Crippen molar-refractivity contribution in [1.82, 2.24) is 15.5 Å². The maximum atomic E-state index is 10.5. The number of anilines is 1. The summed E-state index contributed by atoms with van der Waals surface area (Å²) in [5.41, 5.74) is 3.87. The zero-order chi connectivity index (χ0) is 21.7. The summed E-state index contributed by atoms with van der Waals surface area (Å²) in [4.78, 5) is 2.22. The number of aryl methyl sites for hydroxylation is 1. The predicted molar refractivity (Wildman–Crippen MR) is 118 cm³/mol. The molecule has 1 aromatic heterocycles. The molecule has 0 amide bonds. The predicted octanol–water partition coefficient (Wildman–Crippen LogP) is 3.72. The Morgan fingerprint density at radius 2 is 1.73 bits per heavy atom. The van der Waals surface area contributed by atoms with Crippen LogP contribution in [-0.4, -0.2) is 50.4 Å². The molecule has 2 heterocycles. The Kier molecular flexibility index (Phi) is 4.97. The molecule has 160 valence electrons. The van der Waals surface area contributed by atoms with E-state index in [-0.39, 0.29) is 16.8 Å². The van der Waals surface area contributed by atoms with E-state index >= 15 is 0 Å². The number of benzene rings is 1. The van der Waals surface area contributed by atoms with Crippen molar-refractivity contribution in [3.8, 4) is 17.0 Å². The van der Waals surface area contributed by atoms with Crippen LogP contribution in [0.25, 0.3) is 11.3 Å². The SMILES string of the molecule is CN(c1ccc(-c2cc3c(cc2O)/C(=N\O)CC3)nn1)C1CC(C)(C)NC(C)(C)C1. The molecular weight excluding hydrogens is 378 g/mol. The van der Waals surface area contributed by atoms with Gasteiger partial charge < -0.3 is 20.5 Å². The zero-order valence-corrected chi connectivity index (χ0v) is 18.4. The van der Waals surface area contributed by atoms with E-state index in [1.54, 1.807) is 6.07 Å². The van der Waals surface area contributed by atoms with Crippen LogP contribution in [0.4, 0.5) is 5.82 Å². The molecule has 7 nitrogen and oxygen atoms in total. The van der Waals surface area contributed by atoms with Crippen LogP contribution in [-0.2, 0) is 6.42 Å². The smallest absolute Gasteiger partial charge is 0.151 e. The van der Waals surface area contributed by atoms with Crippen LogP contribution in [0.3, 0.4) is 0 Å². The fraction of sp³-hybridized carbons (Fsp3) is 0.522. The van der Waals surface area contributed by atoms with Gasteiger partial charge in [-0.3, -0.25) is 0 Å². The maximum absolute atomic E-state index is 10.5. The third kappa shape index (κ3) is 3.86. The van der Waals surface area contributed by atoms with Crippen molar-refractivity contribution in [3.05, 3.63) is 35.4 Å². The van der Waals surface area contributed by atoms with E-state index in [0.29, 0.717) is 29.4 Å². The Morgan fingerprint density at radius 3 is 2.33 bits per heavy atom. The van der Waals surface area contributed by atoms with Crippen LogP contribution < -0.4 is 10.2 Å². The molecule has 1 aliphatic heterocycles. The highest BCUT2D eigenvalue weighted by atomic mass is 16.4. The minimum Gasteiger partial charge on any atom is -0.507 e. The van der Waals surface area contributed by atoms with E-state index in [1.807, 2.05) is 18.2 Å². The van der Waals surface area contributed by atoms with Crippen molar-refractivity contribution in [1.29, 1.82) is 0 Å². The summed E-state index contributed by atoms with van der Waals surface area (Å²) in [6.07, 6.45) is 3.51. The fourth-order valence-corrected chi connectivity index (χ4v) is 5.19. The lowest BCUT2D eigenvalue weighted by molar-refractivity contribution is 0.160. The minimum absolute atomic E-state index is 0.0565. The molecule has 0 radical (unpaired) electrons. The van der Waals surface area contributed by atoms with E-state index in [4.69, 9.17) is 5.21 Å². The molecule has 0 saturated carbocycles. The second-order valence-electron chi connectivity index (χ2n) is 9.92. The normalized spacial score (nSPS) is 21.6. The van der Waals surface area contributed by atoms with Gasteiger partial charge in [0.05, 0.1) is 11.4 Å². The number of rotatable bonds is 3. The van der Waals surface area contributed by atoms with Crippen molar-refractivity contribution < 1.29 is 10.3 Å².